The van der Waals surface area contributed by atoms with Gasteiger partial charge in [0.05, 0.1) is 18.8 Å². The molecule has 2 fully saturated rings. The number of alkyl halides is 1. The molecule has 0 bridgehead atoms. The summed E-state index contributed by atoms with van der Waals surface area (Å²) >= 11 is 0. The highest BCUT2D eigenvalue weighted by molar-refractivity contribution is 5.13. The van der Waals surface area contributed by atoms with Crippen molar-refractivity contribution in [2.24, 2.45) is 0 Å². The smallest absolute Gasteiger partial charge is 0.122 e. The number of nitrogens with zero attached hydrogens (tertiary/aromatic N) is 1. The molecule has 2 saturated heterocycles. The van der Waals surface area contributed by atoms with E-state index in [2.05, 4.69) is 4.90 Å². The fourth-order valence-electron chi connectivity index (χ4n) is 3.36. The Morgan fingerprint density at radius 1 is 1.28 bits per heavy atom. The van der Waals surface area contributed by atoms with Gasteiger partial charge in [-0.15, -0.1) is 0 Å². The SMILES string of the molecule is F[C@@H]1CCN2CCC[C@@]12COCc1ccccc1. The van der Waals surface area contributed by atoms with Crippen LogP contribution < -0.4 is 0 Å². The van der Waals surface area contributed by atoms with Gasteiger partial charge in [-0.3, -0.25) is 4.90 Å². The summed E-state index contributed by atoms with van der Waals surface area (Å²) in [5.74, 6) is 0. The molecule has 98 valence electrons. The third-order valence-electron chi connectivity index (χ3n) is 4.37. The standard InChI is InChI=1S/C15H20FNO/c16-14-7-10-17-9-4-8-15(14,17)12-18-11-13-5-2-1-3-6-13/h1-3,5-6,14H,4,7-12H2/t14-,15-/m1/s1. The van der Waals surface area contributed by atoms with Crippen molar-refractivity contribution in [3.63, 3.8) is 0 Å². The molecule has 2 aliphatic heterocycles. The first-order chi connectivity index (χ1) is 8.81. The quantitative estimate of drug-likeness (QED) is 0.813. The lowest BCUT2D eigenvalue weighted by Crippen LogP contribution is -2.48. The minimum absolute atomic E-state index is 0.311. The van der Waals surface area contributed by atoms with E-state index in [-0.39, 0.29) is 5.54 Å². The van der Waals surface area contributed by atoms with Gasteiger partial charge in [-0.25, -0.2) is 4.39 Å². The zero-order chi connectivity index (χ0) is 12.4. The minimum Gasteiger partial charge on any atom is -0.375 e. The second-order valence-corrected chi connectivity index (χ2v) is 5.43. The Kier molecular flexibility index (Phi) is 3.35. The number of benzene rings is 1. The second kappa shape index (κ2) is 4.98. The fraction of sp³-hybridized carbons (Fsp3) is 0.600. The first-order valence-electron chi connectivity index (χ1n) is 6.82. The number of fused-ring (bicyclic) bond motifs is 1. The molecule has 0 saturated carbocycles. The summed E-state index contributed by atoms with van der Waals surface area (Å²) in [5, 5.41) is 0. The number of hydrogen-bond donors (Lipinski definition) is 0. The maximum absolute atomic E-state index is 14.1. The molecule has 2 aliphatic rings. The molecule has 0 aromatic heterocycles. The Morgan fingerprint density at radius 3 is 2.94 bits per heavy atom. The predicted octanol–water partition coefficient (Wildman–Crippen LogP) is 2.78. The molecule has 2 nitrogen and oxygen atoms in total. The molecule has 1 aromatic carbocycles. The summed E-state index contributed by atoms with van der Waals surface area (Å²) in [4.78, 5) is 2.29. The van der Waals surface area contributed by atoms with Gasteiger partial charge in [0.1, 0.15) is 6.17 Å². The van der Waals surface area contributed by atoms with E-state index in [9.17, 15) is 4.39 Å². The number of rotatable bonds is 4. The Labute approximate surface area is 108 Å². The molecule has 2 atom stereocenters. The van der Waals surface area contributed by atoms with Gasteiger partial charge < -0.3 is 4.74 Å². The van der Waals surface area contributed by atoms with Crippen LogP contribution in [0.4, 0.5) is 4.39 Å². The lowest BCUT2D eigenvalue weighted by atomic mass is 9.93. The summed E-state index contributed by atoms with van der Waals surface area (Å²) in [6.45, 7) is 3.05. The zero-order valence-corrected chi connectivity index (χ0v) is 10.6. The summed E-state index contributed by atoms with van der Waals surface area (Å²) in [7, 11) is 0. The van der Waals surface area contributed by atoms with E-state index >= 15 is 0 Å². The van der Waals surface area contributed by atoms with Crippen molar-refractivity contribution in [2.75, 3.05) is 19.7 Å². The molecule has 0 aliphatic carbocycles. The van der Waals surface area contributed by atoms with Gasteiger partial charge in [-0.2, -0.15) is 0 Å². The topological polar surface area (TPSA) is 12.5 Å². The fourth-order valence-corrected chi connectivity index (χ4v) is 3.36. The van der Waals surface area contributed by atoms with Gasteiger partial charge in [0.2, 0.25) is 0 Å². The number of hydrogen-bond acceptors (Lipinski definition) is 2. The van der Waals surface area contributed by atoms with Gasteiger partial charge in [0, 0.05) is 6.54 Å². The zero-order valence-electron chi connectivity index (χ0n) is 10.6. The predicted molar refractivity (Wildman–Crippen MR) is 69.1 cm³/mol. The first kappa shape index (κ1) is 12.1. The molecule has 2 heterocycles. The highest BCUT2D eigenvalue weighted by Gasteiger charge is 2.51. The lowest BCUT2D eigenvalue weighted by molar-refractivity contribution is -0.00305. The van der Waals surface area contributed by atoms with E-state index in [1.54, 1.807) is 0 Å². The van der Waals surface area contributed by atoms with E-state index in [1.807, 2.05) is 30.3 Å². The molecule has 0 spiro atoms. The van der Waals surface area contributed by atoms with Crippen LogP contribution in [-0.2, 0) is 11.3 Å². The minimum atomic E-state index is -0.712. The molecule has 0 N–H and O–H groups in total. The number of halogens is 1. The van der Waals surface area contributed by atoms with E-state index in [1.165, 1.54) is 0 Å². The van der Waals surface area contributed by atoms with Crippen LogP contribution in [-0.4, -0.2) is 36.3 Å². The molecular weight excluding hydrogens is 229 g/mol. The van der Waals surface area contributed by atoms with Gasteiger partial charge in [0.25, 0.3) is 0 Å². The molecule has 0 unspecified atom stereocenters. The molecule has 0 radical (unpaired) electrons. The van der Waals surface area contributed by atoms with Crippen molar-refractivity contribution in [1.29, 1.82) is 0 Å². The Hall–Kier alpha value is -0.930. The maximum atomic E-state index is 14.1. The summed E-state index contributed by atoms with van der Waals surface area (Å²) in [6.07, 6.45) is 2.02. The largest absolute Gasteiger partial charge is 0.375 e. The molecule has 3 rings (SSSR count). The van der Waals surface area contributed by atoms with Crippen LogP contribution >= 0.6 is 0 Å². The Bertz CT molecular complexity index is 397. The molecular formula is C15H20FNO. The van der Waals surface area contributed by atoms with Gasteiger partial charge in [-0.05, 0) is 31.4 Å². The van der Waals surface area contributed by atoms with Crippen LogP contribution in [0.15, 0.2) is 30.3 Å². The van der Waals surface area contributed by atoms with Crippen LogP contribution in [0.2, 0.25) is 0 Å². The van der Waals surface area contributed by atoms with E-state index in [0.29, 0.717) is 19.6 Å². The summed E-state index contributed by atoms with van der Waals surface area (Å²) in [5.41, 5.74) is 0.848. The van der Waals surface area contributed by atoms with Crippen LogP contribution in [0.1, 0.15) is 24.8 Å². The van der Waals surface area contributed by atoms with Crippen molar-refractivity contribution in [3.8, 4) is 0 Å². The van der Waals surface area contributed by atoms with Crippen molar-refractivity contribution in [3.05, 3.63) is 35.9 Å². The molecule has 1 aromatic rings. The van der Waals surface area contributed by atoms with Crippen molar-refractivity contribution >= 4 is 0 Å². The van der Waals surface area contributed by atoms with Crippen LogP contribution in [0.3, 0.4) is 0 Å². The van der Waals surface area contributed by atoms with Gasteiger partial charge >= 0.3 is 0 Å². The van der Waals surface area contributed by atoms with E-state index in [4.69, 9.17) is 4.74 Å². The van der Waals surface area contributed by atoms with Gasteiger partial charge in [-0.1, -0.05) is 30.3 Å². The average molecular weight is 249 g/mol. The highest BCUT2D eigenvalue weighted by atomic mass is 19.1. The lowest BCUT2D eigenvalue weighted by Gasteiger charge is -2.33. The van der Waals surface area contributed by atoms with Crippen molar-refractivity contribution < 1.29 is 9.13 Å². The average Bonchev–Trinajstić information content (AvgIpc) is 2.93. The highest BCUT2D eigenvalue weighted by Crippen LogP contribution is 2.41. The van der Waals surface area contributed by atoms with Crippen molar-refractivity contribution in [2.45, 2.75) is 37.6 Å². The third kappa shape index (κ3) is 2.06. The van der Waals surface area contributed by atoms with Crippen molar-refractivity contribution in [1.82, 2.24) is 4.90 Å². The molecule has 0 amide bonds. The van der Waals surface area contributed by atoms with E-state index in [0.717, 1.165) is 31.5 Å². The third-order valence-corrected chi connectivity index (χ3v) is 4.37. The first-order valence-corrected chi connectivity index (χ1v) is 6.82. The monoisotopic (exact) mass is 249 g/mol. The summed E-state index contributed by atoms with van der Waals surface area (Å²) in [6, 6.07) is 10.1. The maximum Gasteiger partial charge on any atom is 0.122 e. The van der Waals surface area contributed by atoms with Crippen LogP contribution in [0.5, 0.6) is 0 Å². The second-order valence-electron chi connectivity index (χ2n) is 5.43. The Morgan fingerprint density at radius 2 is 2.11 bits per heavy atom. The molecule has 18 heavy (non-hydrogen) atoms. The normalized spacial score (nSPS) is 31.7. The number of ether oxygens (including phenoxy) is 1. The summed E-state index contributed by atoms with van der Waals surface area (Å²) < 4.78 is 19.9. The van der Waals surface area contributed by atoms with Crippen LogP contribution in [0.25, 0.3) is 0 Å². The van der Waals surface area contributed by atoms with E-state index < -0.39 is 6.17 Å². The molecule has 3 heteroatoms. The van der Waals surface area contributed by atoms with Gasteiger partial charge in [0.15, 0.2) is 0 Å². The van der Waals surface area contributed by atoms with Crippen LogP contribution in [0, 0.1) is 0 Å². The Balaban J connectivity index is 1.59.